The van der Waals surface area contributed by atoms with Gasteiger partial charge in [-0.1, -0.05) is 37.3 Å². The van der Waals surface area contributed by atoms with E-state index in [-0.39, 0.29) is 5.91 Å². The zero-order chi connectivity index (χ0) is 16.8. The number of amides is 1. The second-order valence-electron chi connectivity index (χ2n) is 6.05. The van der Waals surface area contributed by atoms with E-state index in [1.165, 1.54) is 17.1 Å². The van der Waals surface area contributed by atoms with Crippen LogP contribution in [-0.2, 0) is 17.6 Å². The number of hydrogen-bond donors (Lipinski definition) is 0. The Morgan fingerprint density at radius 3 is 2.75 bits per heavy atom. The number of aromatic nitrogens is 2. The molecule has 2 aromatic rings. The van der Waals surface area contributed by atoms with E-state index >= 15 is 0 Å². The second-order valence-corrected chi connectivity index (χ2v) is 6.78. The van der Waals surface area contributed by atoms with Crippen LogP contribution < -0.4 is 4.90 Å². The first-order valence-corrected chi connectivity index (χ1v) is 9.43. The lowest BCUT2D eigenvalue weighted by Gasteiger charge is -2.21. The van der Waals surface area contributed by atoms with Gasteiger partial charge >= 0.3 is 0 Å². The second kappa shape index (κ2) is 8.24. The lowest BCUT2D eigenvalue weighted by molar-refractivity contribution is -0.130. The lowest BCUT2D eigenvalue weighted by atomic mass is 10.1. The summed E-state index contributed by atoms with van der Waals surface area (Å²) in [6.45, 7) is 5.47. The monoisotopic (exact) mass is 344 g/mol. The number of aryl methyl sites for hydroxylation is 2. The first-order chi connectivity index (χ1) is 11.8. The Bertz CT molecular complexity index is 658. The SMILES string of the molecule is CCc1nsc(N2CCCN(C(=O)CCc3ccccc3)CC2)n1. The van der Waals surface area contributed by atoms with E-state index in [2.05, 4.69) is 33.3 Å². The zero-order valence-corrected chi connectivity index (χ0v) is 15.0. The molecule has 0 unspecified atom stereocenters. The third-order valence-corrected chi connectivity index (χ3v) is 5.18. The van der Waals surface area contributed by atoms with Gasteiger partial charge in [-0.15, -0.1) is 0 Å². The van der Waals surface area contributed by atoms with Crippen molar-refractivity contribution >= 4 is 22.6 Å². The molecule has 2 heterocycles. The third kappa shape index (κ3) is 4.32. The average Bonchev–Trinajstić information content (AvgIpc) is 2.97. The van der Waals surface area contributed by atoms with Gasteiger partial charge < -0.3 is 9.80 Å². The number of carbonyl (C=O) groups is 1. The molecule has 1 aromatic heterocycles. The molecule has 1 aliphatic rings. The first kappa shape index (κ1) is 16.9. The van der Waals surface area contributed by atoms with Crippen molar-refractivity contribution in [3.05, 3.63) is 41.7 Å². The van der Waals surface area contributed by atoms with E-state index in [9.17, 15) is 4.79 Å². The maximum atomic E-state index is 12.5. The van der Waals surface area contributed by atoms with Crippen LogP contribution in [-0.4, -0.2) is 46.3 Å². The van der Waals surface area contributed by atoms with Gasteiger partial charge in [-0.05, 0) is 18.4 Å². The van der Waals surface area contributed by atoms with Gasteiger partial charge in [0.05, 0.1) is 0 Å². The van der Waals surface area contributed by atoms with Crippen molar-refractivity contribution in [2.24, 2.45) is 0 Å². The van der Waals surface area contributed by atoms with Crippen LogP contribution in [0.3, 0.4) is 0 Å². The van der Waals surface area contributed by atoms with Gasteiger partial charge in [0.2, 0.25) is 11.0 Å². The van der Waals surface area contributed by atoms with Crippen LogP contribution in [0.1, 0.15) is 31.2 Å². The molecule has 0 saturated carbocycles. The molecule has 1 aliphatic heterocycles. The summed E-state index contributed by atoms with van der Waals surface area (Å²) in [6, 6.07) is 10.2. The highest BCUT2D eigenvalue weighted by Gasteiger charge is 2.21. The Morgan fingerprint density at radius 1 is 1.17 bits per heavy atom. The average molecular weight is 344 g/mol. The summed E-state index contributed by atoms with van der Waals surface area (Å²) in [5.41, 5.74) is 1.23. The topological polar surface area (TPSA) is 49.3 Å². The fourth-order valence-corrected chi connectivity index (χ4v) is 3.73. The molecule has 6 heteroatoms. The van der Waals surface area contributed by atoms with E-state index in [4.69, 9.17) is 0 Å². The van der Waals surface area contributed by atoms with Crippen molar-refractivity contribution in [1.82, 2.24) is 14.3 Å². The van der Waals surface area contributed by atoms with Gasteiger partial charge in [-0.2, -0.15) is 4.37 Å². The number of nitrogens with zero attached hydrogens (tertiary/aromatic N) is 4. The van der Waals surface area contributed by atoms with Gasteiger partial charge in [0.1, 0.15) is 5.82 Å². The number of anilines is 1. The van der Waals surface area contributed by atoms with Crippen molar-refractivity contribution in [2.75, 3.05) is 31.1 Å². The summed E-state index contributed by atoms with van der Waals surface area (Å²) >= 11 is 1.47. The van der Waals surface area contributed by atoms with Gasteiger partial charge in [-0.25, -0.2) is 4.98 Å². The van der Waals surface area contributed by atoms with E-state index in [0.29, 0.717) is 6.42 Å². The highest BCUT2D eigenvalue weighted by molar-refractivity contribution is 7.09. The summed E-state index contributed by atoms with van der Waals surface area (Å²) < 4.78 is 4.37. The van der Waals surface area contributed by atoms with Crippen LogP contribution in [0.15, 0.2) is 30.3 Å². The Kier molecular flexibility index (Phi) is 5.80. The van der Waals surface area contributed by atoms with E-state index in [1.807, 2.05) is 23.1 Å². The van der Waals surface area contributed by atoms with Crippen LogP contribution >= 0.6 is 11.5 Å². The normalized spacial score (nSPS) is 15.4. The predicted molar refractivity (Wildman–Crippen MR) is 97.5 cm³/mol. The fraction of sp³-hybridized carbons (Fsp3) is 0.500. The standard InChI is InChI=1S/C18H24N4OS/c1-2-16-19-18(24-20-16)22-12-6-11-21(13-14-22)17(23)10-9-15-7-4-3-5-8-15/h3-5,7-8H,2,6,9-14H2,1H3. The lowest BCUT2D eigenvalue weighted by Crippen LogP contribution is -2.35. The molecule has 0 radical (unpaired) electrons. The zero-order valence-electron chi connectivity index (χ0n) is 14.1. The fourth-order valence-electron chi connectivity index (χ4n) is 2.93. The van der Waals surface area contributed by atoms with Crippen LogP contribution in [0.5, 0.6) is 0 Å². The molecule has 3 rings (SSSR count). The van der Waals surface area contributed by atoms with Crippen LogP contribution in [0.25, 0.3) is 0 Å². The number of benzene rings is 1. The molecular weight excluding hydrogens is 320 g/mol. The van der Waals surface area contributed by atoms with Gasteiger partial charge in [0, 0.05) is 50.6 Å². The molecule has 1 aromatic carbocycles. The highest BCUT2D eigenvalue weighted by atomic mass is 32.1. The van der Waals surface area contributed by atoms with E-state index in [1.54, 1.807) is 0 Å². The molecule has 24 heavy (non-hydrogen) atoms. The van der Waals surface area contributed by atoms with Crippen LogP contribution in [0, 0.1) is 0 Å². The number of rotatable bonds is 5. The Balaban J connectivity index is 1.52. The van der Waals surface area contributed by atoms with Gasteiger partial charge in [-0.3, -0.25) is 4.79 Å². The smallest absolute Gasteiger partial charge is 0.222 e. The molecule has 0 atom stereocenters. The quantitative estimate of drug-likeness (QED) is 0.837. The third-order valence-electron chi connectivity index (χ3n) is 4.36. The molecule has 128 valence electrons. The first-order valence-electron chi connectivity index (χ1n) is 8.65. The highest BCUT2D eigenvalue weighted by Crippen LogP contribution is 2.19. The minimum absolute atomic E-state index is 0.257. The molecule has 0 N–H and O–H groups in total. The number of carbonyl (C=O) groups excluding carboxylic acids is 1. The molecule has 1 amide bonds. The molecule has 1 fully saturated rings. The predicted octanol–water partition coefficient (Wildman–Crippen LogP) is 2.77. The Hall–Kier alpha value is -1.95. The molecule has 5 nitrogen and oxygen atoms in total. The largest absolute Gasteiger partial charge is 0.345 e. The van der Waals surface area contributed by atoms with Crippen molar-refractivity contribution in [2.45, 2.75) is 32.6 Å². The van der Waals surface area contributed by atoms with Crippen molar-refractivity contribution in [3.8, 4) is 0 Å². The molecule has 0 aliphatic carbocycles. The Morgan fingerprint density at radius 2 is 2.00 bits per heavy atom. The summed E-state index contributed by atoms with van der Waals surface area (Å²) in [7, 11) is 0. The van der Waals surface area contributed by atoms with Gasteiger partial charge in [0.25, 0.3) is 0 Å². The molecule has 1 saturated heterocycles. The number of hydrogen-bond acceptors (Lipinski definition) is 5. The van der Waals surface area contributed by atoms with E-state index < -0.39 is 0 Å². The minimum atomic E-state index is 0.257. The molecular formula is C18H24N4OS. The van der Waals surface area contributed by atoms with Crippen LogP contribution in [0.2, 0.25) is 0 Å². The van der Waals surface area contributed by atoms with Crippen LogP contribution in [0.4, 0.5) is 5.13 Å². The van der Waals surface area contributed by atoms with Gasteiger partial charge in [0.15, 0.2) is 0 Å². The maximum Gasteiger partial charge on any atom is 0.222 e. The Labute approximate surface area is 147 Å². The molecule has 0 spiro atoms. The van der Waals surface area contributed by atoms with Crippen molar-refractivity contribution < 1.29 is 4.79 Å². The summed E-state index contributed by atoms with van der Waals surface area (Å²) in [6.07, 6.45) is 3.26. The minimum Gasteiger partial charge on any atom is -0.345 e. The molecule has 0 bridgehead atoms. The van der Waals surface area contributed by atoms with Crippen molar-refractivity contribution in [1.29, 1.82) is 0 Å². The van der Waals surface area contributed by atoms with Crippen molar-refractivity contribution in [3.63, 3.8) is 0 Å². The summed E-state index contributed by atoms with van der Waals surface area (Å²) in [5.74, 6) is 1.17. The summed E-state index contributed by atoms with van der Waals surface area (Å²) in [5, 5.41) is 0.991. The van der Waals surface area contributed by atoms with E-state index in [0.717, 1.165) is 56.4 Å². The maximum absolute atomic E-state index is 12.5. The summed E-state index contributed by atoms with van der Waals surface area (Å²) in [4.78, 5) is 21.3.